The van der Waals surface area contributed by atoms with E-state index >= 15 is 0 Å². The Balaban J connectivity index is 2.01. The quantitative estimate of drug-likeness (QED) is 0.414. The van der Waals surface area contributed by atoms with E-state index in [4.69, 9.17) is 0 Å². The molecule has 0 bridgehead atoms. The SMILES string of the molecule is C=CCCCCCC1CCCCC1C. The van der Waals surface area contributed by atoms with E-state index in [1.165, 1.54) is 57.8 Å². The second kappa shape index (κ2) is 7.09. The van der Waals surface area contributed by atoms with E-state index < -0.39 is 0 Å². The van der Waals surface area contributed by atoms with Crippen molar-refractivity contribution in [3.05, 3.63) is 12.7 Å². The fourth-order valence-electron chi connectivity index (χ4n) is 2.69. The second-order valence-corrected chi connectivity index (χ2v) is 4.95. The Morgan fingerprint density at radius 1 is 1.14 bits per heavy atom. The number of hydrogen-bond donors (Lipinski definition) is 0. The normalized spacial score (nSPS) is 27.5. The van der Waals surface area contributed by atoms with Gasteiger partial charge in [0, 0.05) is 0 Å². The molecule has 1 aliphatic carbocycles. The van der Waals surface area contributed by atoms with Crippen LogP contribution < -0.4 is 0 Å². The average molecular weight is 194 g/mol. The minimum Gasteiger partial charge on any atom is -0.103 e. The van der Waals surface area contributed by atoms with Crippen LogP contribution >= 0.6 is 0 Å². The molecule has 2 unspecified atom stereocenters. The lowest BCUT2D eigenvalue weighted by Crippen LogP contribution is -2.16. The zero-order chi connectivity index (χ0) is 10.2. The summed E-state index contributed by atoms with van der Waals surface area (Å²) in [5.41, 5.74) is 0. The first-order valence-electron chi connectivity index (χ1n) is 6.45. The van der Waals surface area contributed by atoms with Gasteiger partial charge in [-0.15, -0.1) is 6.58 Å². The van der Waals surface area contributed by atoms with Gasteiger partial charge in [-0.05, 0) is 24.7 Å². The van der Waals surface area contributed by atoms with Gasteiger partial charge < -0.3 is 0 Å². The Morgan fingerprint density at radius 2 is 1.93 bits per heavy atom. The van der Waals surface area contributed by atoms with Crippen molar-refractivity contribution in [1.82, 2.24) is 0 Å². The average Bonchev–Trinajstić information content (AvgIpc) is 2.20. The third-order valence-corrected chi connectivity index (χ3v) is 3.77. The summed E-state index contributed by atoms with van der Waals surface area (Å²) in [5, 5.41) is 0. The van der Waals surface area contributed by atoms with Crippen LogP contribution in [0.5, 0.6) is 0 Å². The molecule has 0 heteroatoms. The van der Waals surface area contributed by atoms with Gasteiger partial charge in [-0.1, -0.05) is 57.9 Å². The molecule has 14 heavy (non-hydrogen) atoms. The van der Waals surface area contributed by atoms with Crippen LogP contribution in [0.15, 0.2) is 12.7 Å². The van der Waals surface area contributed by atoms with Crippen LogP contribution in [-0.2, 0) is 0 Å². The highest BCUT2D eigenvalue weighted by Gasteiger charge is 2.20. The molecule has 0 aromatic heterocycles. The Kier molecular flexibility index (Phi) is 5.98. The number of unbranched alkanes of at least 4 members (excludes halogenated alkanes) is 3. The van der Waals surface area contributed by atoms with Crippen LogP contribution in [-0.4, -0.2) is 0 Å². The van der Waals surface area contributed by atoms with Gasteiger partial charge in [-0.2, -0.15) is 0 Å². The molecular weight excluding hydrogens is 168 g/mol. The summed E-state index contributed by atoms with van der Waals surface area (Å²) in [6.07, 6.45) is 14.9. The molecule has 0 amide bonds. The van der Waals surface area contributed by atoms with Gasteiger partial charge in [0.15, 0.2) is 0 Å². The van der Waals surface area contributed by atoms with E-state index in [2.05, 4.69) is 13.5 Å². The predicted octanol–water partition coefficient (Wildman–Crippen LogP) is 4.95. The van der Waals surface area contributed by atoms with Crippen LogP contribution in [0.3, 0.4) is 0 Å². The van der Waals surface area contributed by atoms with E-state index in [-0.39, 0.29) is 0 Å². The molecule has 0 radical (unpaired) electrons. The molecule has 1 rings (SSSR count). The number of hydrogen-bond acceptors (Lipinski definition) is 0. The van der Waals surface area contributed by atoms with Crippen molar-refractivity contribution >= 4 is 0 Å². The molecule has 1 aliphatic rings. The zero-order valence-electron chi connectivity index (χ0n) is 9.80. The minimum absolute atomic E-state index is 1.00. The van der Waals surface area contributed by atoms with E-state index in [1.807, 2.05) is 6.08 Å². The third-order valence-electron chi connectivity index (χ3n) is 3.77. The van der Waals surface area contributed by atoms with Crippen molar-refractivity contribution in [3.63, 3.8) is 0 Å². The number of rotatable bonds is 6. The van der Waals surface area contributed by atoms with Gasteiger partial charge >= 0.3 is 0 Å². The highest BCUT2D eigenvalue weighted by atomic mass is 14.3. The van der Waals surface area contributed by atoms with Crippen LogP contribution in [0.4, 0.5) is 0 Å². The Morgan fingerprint density at radius 3 is 2.64 bits per heavy atom. The molecule has 2 atom stereocenters. The Labute approximate surface area is 89.8 Å². The summed E-state index contributed by atoms with van der Waals surface area (Å²) in [6.45, 7) is 6.21. The van der Waals surface area contributed by atoms with E-state index in [0.29, 0.717) is 0 Å². The summed E-state index contributed by atoms with van der Waals surface area (Å²) in [7, 11) is 0. The van der Waals surface area contributed by atoms with Crippen LogP contribution in [0.25, 0.3) is 0 Å². The first kappa shape index (κ1) is 11.8. The van der Waals surface area contributed by atoms with Crippen molar-refractivity contribution in [2.45, 2.75) is 64.7 Å². The summed E-state index contributed by atoms with van der Waals surface area (Å²) < 4.78 is 0. The summed E-state index contributed by atoms with van der Waals surface area (Å²) >= 11 is 0. The third kappa shape index (κ3) is 4.30. The summed E-state index contributed by atoms with van der Waals surface area (Å²) in [4.78, 5) is 0. The first-order chi connectivity index (χ1) is 6.84. The van der Waals surface area contributed by atoms with Gasteiger partial charge in [0.2, 0.25) is 0 Å². The lowest BCUT2D eigenvalue weighted by atomic mass is 9.78. The molecule has 0 nitrogen and oxygen atoms in total. The number of allylic oxidation sites excluding steroid dienone is 1. The molecule has 1 saturated carbocycles. The molecule has 0 saturated heterocycles. The maximum absolute atomic E-state index is 3.76. The second-order valence-electron chi connectivity index (χ2n) is 4.95. The summed E-state index contributed by atoms with van der Waals surface area (Å²) in [5.74, 6) is 2.05. The molecule has 0 spiro atoms. The van der Waals surface area contributed by atoms with Crippen LogP contribution in [0, 0.1) is 11.8 Å². The standard InChI is InChI=1S/C14H26/c1-3-4-5-6-7-11-14-12-9-8-10-13(14)2/h3,13-14H,1,4-12H2,2H3. The fourth-order valence-corrected chi connectivity index (χ4v) is 2.69. The first-order valence-corrected chi connectivity index (χ1v) is 6.45. The minimum atomic E-state index is 1.00. The van der Waals surface area contributed by atoms with E-state index in [0.717, 1.165) is 11.8 Å². The fraction of sp³-hybridized carbons (Fsp3) is 0.857. The largest absolute Gasteiger partial charge is 0.103 e. The molecule has 82 valence electrons. The lowest BCUT2D eigenvalue weighted by Gasteiger charge is -2.28. The van der Waals surface area contributed by atoms with Gasteiger partial charge in [-0.25, -0.2) is 0 Å². The maximum Gasteiger partial charge on any atom is -0.0353 e. The predicted molar refractivity (Wildman–Crippen MR) is 64.4 cm³/mol. The van der Waals surface area contributed by atoms with Crippen molar-refractivity contribution in [3.8, 4) is 0 Å². The van der Waals surface area contributed by atoms with E-state index in [9.17, 15) is 0 Å². The molecule has 0 aromatic rings. The van der Waals surface area contributed by atoms with Gasteiger partial charge in [-0.3, -0.25) is 0 Å². The van der Waals surface area contributed by atoms with Gasteiger partial charge in [0.25, 0.3) is 0 Å². The van der Waals surface area contributed by atoms with Gasteiger partial charge in [0.05, 0.1) is 0 Å². The monoisotopic (exact) mass is 194 g/mol. The topological polar surface area (TPSA) is 0 Å². The summed E-state index contributed by atoms with van der Waals surface area (Å²) in [6, 6.07) is 0. The van der Waals surface area contributed by atoms with Crippen molar-refractivity contribution in [1.29, 1.82) is 0 Å². The molecule has 1 fully saturated rings. The molecular formula is C14H26. The Bertz CT molecular complexity index is 148. The lowest BCUT2D eigenvalue weighted by molar-refractivity contribution is 0.236. The smallest absolute Gasteiger partial charge is 0.0353 e. The zero-order valence-corrected chi connectivity index (χ0v) is 9.80. The van der Waals surface area contributed by atoms with E-state index in [1.54, 1.807) is 0 Å². The molecule has 0 N–H and O–H groups in total. The van der Waals surface area contributed by atoms with Gasteiger partial charge in [0.1, 0.15) is 0 Å². The van der Waals surface area contributed by atoms with Crippen molar-refractivity contribution in [2.75, 3.05) is 0 Å². The maximum atomic E-state index is 3.76. The molecule has 0 heterocycles. The highest BCUT2D eigenvalue weighted by molar-refractivity contribution is 4.72. The van der Waals surface area contributed by atoms with Crippen LogP contribution in [0.1, 0.15) is 64.7 Å². The highest BCUT2D eigenvalue weighted by Crippen LogP contribution is 2.33. The van der Waals surface area contributed by atoms with Crippen molar-refractivity contribution in [2.24, 2.45) is 11.8 Å². The molecule has 0 aromatic carbocycles. The molecule has 0 aliphatic heterocycles. The van der Waals surface area contributed by atoms with Crippen LogP contribution in [0.2, 0.25) is 0 Å². The Hall–Kier alpha value is -0.260. The van der Waals surface area contributed by atoms with Crippen molar-refractivity contribution < 1.29 is 0 Å².